The average Bonchev–Trinajstić information content (AvgIpc) is 2.35. The van der Waals surface area contributed by atoms with Crippen LogP contribution in [0.3, 0.4) is 0 Å². The smallest absolute Gasteiger partial charge is 0.225 e. The lowest BCUT2D eigenvalue weighted by atomic mass is 10.0. The first-order valence-corrected chi connectivity index (χ1v) is 7.27. The van der Waals surface area contributed by atoms with Gasteiger partial charge in [0.15, 0.2) is 0 Å². The van der Waals surface area contributed by atoms with Gasteiger partial charge in [-0.3, -0.25) is 4.79 Å². The van der Waals surface area contributed by atoms with Crippen LogP contribution >= 0.6 is 15.9 Å². The molecule has 0 aromatic carbocycles. The zero-order chi connectivity index (χ0) is 11.8. The molecule has 0 aromatic heterocycles. The maximum atomic E-state index is 11.7. The van der Waals surface area contributed by atoms with Crippen molar-refractivity contribution >= 4 is 21.8 Å². The minimum atomic E-state index is 0.0855. The summed E-state index contributed by atoms with van der Waals surface area (Å²) in [5.41, 5.74) is 0. The van der Waals surface area contributed by atoms with Crippen LogP contribution in [0.15, 0.2) is 0 Å². The first-order valence-electron chi connectivity index (χ1n) is 6.15. The summed E-state index contributed by atoms with van der Waals surface area (Å²) in [6.07, 6.45) is 4.21. The van der Waals surface area contributed by atoms with Crippen LogP contribution in [0.25, 0.3) is 0 Å². The Morgan fingerprint density at radius 3 is 3.06 bits per heavy atom. The normalized spacial score (nSPS) is 22.8. The number of rotatable bonds is 6. The molecule has 2 unspecified atom stereocenters. The molecule has 0 radical (unpaired) electrons. The Morgan fingerprint density at radius 2 is 2.44 bits per heavy atom. The Morgan fingerprint density at radius 1 is 1.62 bits per heavy atom. The number of ether oxygens (including phenoxy) is 1. The number of carbonyl (C=O) groups is 1. The van der Waals surface area contributed by atoms with Gasteiger partial charge in [-0.2, -0.15) is 0 Å². The van der Waals surface area contributed by atoms with Gasteiger partial charge in [-0.1, -0.05) is 22.9 Å². The fraction of sp³-hybridized carbons (Fsp3) is 0.917. The number of hydrogen-bond donors (Lipinski definition) is 1. The molecule has 0 aliphatic carbocycles. The van der Waals surface area contributed by atoms with Crippen molar-refractivity contribution in [1.82, 2.24) is 5.32 Å². The van der Waals surface area contributed by atoms with Crippen molar-refractivity contribution in [2.75, 3.05) is 25.1 Å². The molecule has 1 amide bonds. The summed E-state index contributed by atoms with van der Waals surface area (Å²) >= 11 is 3.45. The highest BCUT2D eigenvalue weighted by Crippen LogP contribution is 2.13. The van der Waals surface area contributed by atoms with Crippen LogP contribution in [0, 0.1) is 11.8 Å². The van der Waals surface area contributed by atoms with Gasteiger partial charge in [-0.15, -0.1) is 0 Å². The number of amides is 1. The second kappa shape index (κ2) is 8.07. The Kier molecular flexibility index (Phi) is 7.05. The van der Waals surface area contributed by atoms with Gasteiger partial charge in [0.2, 0.25) is 5.91 Å². The van der Waals surface area contributed by atoms with E-state index in [9.17, 15) is 4.79 Å². The number of nitrogens with one attached hydrogen (secondary N) is 1. The quantitative estimate of drug-likeness (QED) is 0.603. The molecule has 0 spiro atoms. The van der Waals surface area contributed by atoms with Crippen LogP contribution in [0.4, 0.5) is 0 Å². The van der Waals surface area contributed by atoms with E-state index in [4.69, 9.17) is 4.74 Å². The van der Waals surface area contributed by atoms with Gasteiger partial charge in [0.25, 0.3) is 0 Å². The van der Waals surface area contributed by atoms with E-state index < -0.39 is 0 Å². The van der Waals surface area contributed by atoms with Crippen LogP contribution in [0.2, 0.25) is 0 Å². The first kappa shape index (κ1) is 14.0. The van der Waals surface area contributed by atoms with E-state index in [0.717, 1.165) is 44.2 Å². The van der Waals surface area contributed by atoms with E-state index in [2.05, 4.69) is 28.2 Å². The molecule has 0 saturated carbocycles. The molecule has 2 atom stereocenters. The largest absolute Gasteiger partial charge is 0.381 e. The number of alkyl halides is 1. The highest BCUT2D eigenvalue weighted by atomic mass is 79.9. The van der Waals surface area contributed by atoms with Crippen LogP contribution < -0.4 is 5.32 Å². The number of hydrogen-bond acceptors (Lipinski definition) is 2. The minimum Gasteiger partial charge on any atom is -0.381 e. The summed E-state index contributed by atoms with van der Waals surface area (Å²) in [7, 11) is 0. The predicted octanol–water partition coefficient (Wildman–Crippen LogP) is 2.34. The molecule has 1 saturated heterocycles. The third-order valence-corrected chi connectivity index (χ3v) is 4.07. The average molecular weight is 292 g/mol. The number of halogens is 1. The second-order valence-corrected chi connectivity index (χ2v) is 5.25. The molecule has 1 aliphatic heterocycles. The van der Waals surface area contributed by atoms with Gasteiger partial charge in [0.05, 0.1) is 12.5 Å². The summed E-state index contributed by atoms with van der Waals surface area (Å²) in [5.74, 6) is 0.948. The SMILES string of the molecule is CC(CBr)CCCNC(=O)C1CCCOC1. The molecule has 1 fully saturated rings. The lowest BCUT2D eigenvalue weighted by Crippen LogP contribution is -2.36. The van der Waals surface area contributed by atoms with Gasteiger partial charge in [-0.25, -0.2) is 0 Å². The van der Waals surface area contributed by atoms with E-state index in [1.165, 1.54) is 0 Å². The highest BCUT2D eigenvalue weighted by Gasteiger charge is 2.20. The predicted molar refractivity (Wildman–Crippen MR) is 68.7 cm³/mol. The van der Waals surface area contributed by atoms with Crippen molar-refractivity contribution < 1.29 is 9.53 Å². The van der Waals surface area contributed by atoms with E-state index in [1.807, 2.05) is 0 Å². The fourth-order valence-corrected chi connectivity index (χ4v) is 2.15. The van der Waals surface area contributed by atoms with Crippen LogP contribution in [-0.2, 0) is 9.53 Å². The molecule has 4 heteroatoms. The van der Waals surface area contributed by atoms with Crippen molar-refractivity contribution in [3.05, 3.63) is 0 Å². The van der Waals surface area contributed by atoms with Crippen LogP contribution in [-0.4, -0.2) is 31.0 Å². The Labute approximate surface area is 106 Å². The third-order valence-electron chi connectivity index (χ3n) is 2.97. The molecule has 1 aliphatic rings. The fourth-order valence-electron chi connectivity index (χ4n) is 1.83. The lowest BCUT2D eigenvalue weighted by Gasteiger charge is -2.21. The van der Waals surface area contributed by atoms with E-state index in [1.54, 1.807) is 0 Å². The van der Waals surface area contributed by atoms with E-state index in [-0.39, 0.29) is 11.8 Å². The van der Waals surface area contributed by atoms with Crippen molar-refractivity contribution in [2.24, 2.45) is 11.8 Å². The maximum absolute atomic E-state index is 11.7. The molecule has 1 N–H and O–H groups in total. The zero-order valence-electron chi connectivity index (χ0n) is 10.0. The Bertz CT molecular complexity index is 205. The topological polar surface area (TPSA) is 38.3 Å². The molecule has 0 aromatic rings. The summed E-state index contributed by atoms with van der Waals surface area (Å²) in [4.78, 5) is 11.7. The summed E-state index contributed by atoms with van der Waals surface area (Å²) < 4.78 is 5.30. The summed E-state index contributed by atoms with van der Waals surface area (Å²) in [5, 5.41) is 4.04. The van der Waals surface area contributed by atoms with Gasteiger partial charge in [0, 0.05) is 18.5 Å². The first-order chi connectivity index (χ1) is 7.74. The minimum absolute atomic E-state index is 0.0855. The zero-order valence-corrected chi connectivity index (χ0v) is 11.6. The standard InChI is InChI=1S/C12H22BrNO2/c1-10(8-13)4-2-6-14-12(15)11-5-3-7-16-9-11/h10-11H,2-9H2,1H3,(H,14,15). The molecule has 94 valence electrons. The molecular formula is C12H22BrNO2. The molecule has 16 heavy (non-hydrogen) atoms. The Balaban J connectivity index is 2.05. The monoisotopic (exact) mass is 291 g/mol. The number of carbonyl (C=O) groups excluding carboxylic acids is 1. The van der Waals surface area contributed by atoms with Gasteiger partial charge in [-0.05, 0) is 31.6 Å². The van der Waals surface area contributed by atoms with E-state index in [0.29, 0.717) is 12.5 Å². The lowest BCUT2D eigenvalue weighted by molar-refractivity contribution is -0.128. The van der Waals surface area contributed by atoms with Crippen molar-refractivity contribution in [3.63, 3.8) is 0 Å². The molecule has 0 bridgehead atoms. The molecule has 1 heterocycles. The second-order valence-electron chi connectivity index (χ2n) is 4.61. The van der Waals surface area contributed by atoms with Crippen molar-refractivity contribution in [2.45, 2.75) is 32.6 Å². The van der Waals surface area contributed by atoms with Crippen molar-refractivity contribution in [3.8, 4) is 0 Å². The third kappa shape index (κ3) is 5.30. The maximum Gasteiger partial charge on any atom is 0.225 e. The van der Waals surface area contributed by atoms with Gasteiger partial charge in [0.1, 0.15) is 0 Å². The van der Waals surface area contributed by atoms with Gasteiger partial charge < -0.3 is 10.1 Å². The summed E-state index contributed by atoms with van der Waals surface area (Å²) in [6, 6.07) is 0. The van der Waals surface area contributed by atoms with Crippen LogP contribution in [0.5, 0.6) is 0 Å². The Hall–Kier alpha value is -0.0900. The highest BCUT2D eigenvalue weighted by molar-refractivity contribution is 9.09. The van der Waals surface area contributed by atoms with Gasteiger partial charge >= 0.3 is 0 Å². The van der Waals surface area contributed by atoms with Crippen molar-refractivity contribution in [1.29, 1.82) is 0 Å². The summed E-state index contributed by atoms with van der Waals surface area (Å²) in [6.45, 7) is 4.43. The molecule has 3 nitrogen and oxygen atoms in total. The van der Waals surface area contributed by atoms with Crippen LogP contribution in [0.1, 0.15) is 32.6 Å². The molecular weight excluding hydrogens is 270 g/mol. The molecule has 1 rings (SSSR count). The van der Waals surface area contributed by atoms with E-state index >= 15 is 0 Å².